The summed E-state index contributed by atoms with van der Waals surface area (Å²) < 4.78 is 11.0. The number of anilines is 3. The number of carbonyl (C=O) groups is 3. The number of aliphatic hydroxyl groups is 1. The highest BCUT2D eigenvalue weighted by Crippen LogP contribution is 2.28. The number of likely N-dealkylation sites (tertiary alicyclic amines) is 1. The van der Waals surface area contributed by atoms with Crippen LogP contribution >= 0.6 is 11.6 Å². The van der Waals surface area contributed by atoms with E-state index in [1.54, 1.807) is 58.3 Å². The minimum atomic E-state index is -0.833. The molecule has 2 aliphatic rings. The normalized spacial score (nSPS) is 20.2. The van der Waals surface area contributed by atoms with Gasteiger partial charge in [-0.2, -0.15) is 0 Å². The molecule has 4 amide bonds. The van der Waals surface area contributed by atoms with Gasteiger partial charge in [0.05, 0.1) is 25.4 Å². The summed E-state index contributed by atoms with van der Waals surface area (Å²) in [6.45, 7) is 3.43. The molecule has 0 aliphatic carbocycles. The van der Waals surface area contributed by atoms with Crippen LogP contribution in [0.25, 0.3) is 0 Å². The van der Waals surface area contributed by atoms with Crippen molar-refractivity contribution in [3.8, 4) is 0 Å². The number of nitrogens with one attached hydrogen (secondary N) is 1. The summed E-state index contributed by atoms with van der Waals surface area (Å²) in [6.07, 6.45) is -1.02. The van der Waals surface area contributed by atoms with E-state index in [1.807, 2.05) is 6.92 Å². The van der Waals surface area contributed by atoms with Crippen LogP contribution in [0.3, 0.4) is 0 Å². The Balaban J connectivity index is 1.52. The molecule has 0 bridgehead atoms. The van der Waals surface area contributed by atoms with Gasteiger partial charge in [-0.05, 0) is 55.5 Å². The summed E-state index contributed by atoms with van der Waals surface area (Å²) in [5, 5.41) is 13.2. The average molecular weight is 560 g/mol. The van der Waals surface area contributed by atoms with Crippen LogP contribution in [0.5, 0.6) is 0 Å². The predicted molar refractivity (Wildman–Crippen MR) is 148 cm³/mol. The first kappa shape index (κ1) is 28.8. The SMILES string of the molecule is CCN(C(=O)[C@H]1C[C@@H](OCC(O)CN)CN1C(=O)Nc1ccc(Cl)cc1)c1ccc(N2CCOCC2=O)cc1. The van der Waals surface area contributed by atoms with Crippen LogP contribution in [0, 0.1) is 0 Å². The van der Waals surface area contributed by atoms with Crippen molar-refractivity contribution in [1.29, 1.82) is 0 Å². The molecule has 2 saturated heterocycles. The van der Waals surface area contributed by atoms with Gasteiger partial charge in [0.15, 0.2) is 0 Å². The summed E-state index contributed by atoms with van der Waals surface area (Å²) >= 11 is 5.96. The van der Waals surface area contributed by atoms with Gasteiger partial charge in [0, 0.05) is 54.7 Å². The molecule has 210 valence electrons. The van der Waals surface area contributed by atoms with Gasteiger partial charge in [-0.3, -0.25) is 9.59 Å². The lowest BCUT2D eigenvalue weighted by Crippen LogP contribution is -2.49. The number of carbonyl (C=O) groups excluding carboxylic acids is 3. The number of nitrogens with zero attached hydrogens (tertiary/aromatic N) is 3. The second kappa shape index (κ2) is 13.2. The summed E-state index contributed by atoms with van der Waals surface area (Å²) in [7, 11) is 0. The Morgan fingerprint density at radius 3 is 2.59 bits per heavy atom. The van der Waals surface area contributed by atoms with Gasteiger partial charge in [0.25, 0.3) is 5.91 Å². The number of hydrogen-bond donors (Lipinski definition) is 3. The quantitative estimate of drug-likeness (QED) is 0.427. The Kier molecular flexibility index (Phi) is 9.76. The molecule has 2 aromatic rings. The average Bonchev–Trinajstić information content (AvgIpc) is 3.38. The van der Waals surface area contributed by atoms with Crippen LogP contribution in [-0.2, 0) is 19.1 Å². The number of aliphatic hydroxyl groups excluding tert-OH is 1. The molecule has 1 unspecified atom stereocenters. The summed E-state index contributed by atoms with van der Waals surface area (Å²) in [4.78, 5) is 44.1. The molecule has 4 rings (SSSR count). The highest BCUT2D eigenvalue weighted by molar-refractivity contribution is 6.30. The lowest BCUT2D eigenvalue weighted by molar-refractivity contribution is -0.125. The lowest BCUT2D eigenvalue weighted by Gasteiger charge is -2.30. The van der Waals surface area contributed by atoms with Crippen molar-refractivity contribution in [3.63, 3.8) is 0 Å². The second-order valence-corrected chi connectivity index (χ2v) is 9.82. The van der Waals surface area contributed by atoms with Gasteiger partial charge in [-0.15, -0.1) is 0 Å². The number of hydrogen-bond acceptors (Lipinski definition) is 7. The molecule has 0 radical (unpaired) electrons. The molecule has 2 heterocycles. The Morgan fingerprint density at radius 2 is 1.95 bits per heavy atom. The van der Waals surface area contributed by atoms with E-state index >= 15 is 0 Å². The first-order valence-corrected chi connectivity index (χ1v) is 13.3. The van der Waals surface area contributed by atoms with E-state index < -0.39 is 24.3 Å². The number of ether oxygens (including phenoxy) is 2. The molecule has 0 aromatic heterocycles. The molecule has 12 heteroatoms. The zero-order valence-electron chi connectivity index (χ0n) is 21.8. The van der Waals surface area contributed by atoms with Crippen molar-refractivity contribution in [2.45, 2.75) is 31.6 Å². The van der Waals surface area contributed by atoms with Gasteiger partial charge in [0.2, 0.25) is 5.91 Å². The van der Waals surface area contributed by atoms with Crippen molar-refractivity contribution in [2.75, 3.05) is 61.1 Å². The van der Waals surface area contributed by atoms with Gasteiger partial charge >= 0.3 is 6.03 Å². The summed E-state index contributed by atoms with van der Waals surface area (Å²) in [6, 6.07) is 12.6. The fourth-order valence-electron chi connectivity index (χ4n) is 4.67. The topological polar surface area (TPSA) is 138 Å². The molecule has 2 fully saturated rings. The Labute approximate surface area is 232 Å². The number of nitrogens with two attached hydrogens (primary N) is 1. The second-order valence-electron chi connectivity index (χ2n) is 9.38. The summed E-state index contributed by atoms with van der Waals surface area (Å²) in [5.41, 5.74) is 7.41. The predicted octanol–water partition coefficient (Wildman–Crippen LogP) is 2.07. The smallest absolute Gasteiger partial charge is 0.322 e. The van der Waals surface area contributed by atoms with Gasteiger partial charge in [-0.1, -0.05) is 11.6 Å². The maximum Gasteiger partial charge on any atom is 0.322 e. The number of urea groups is 1. The molecule has 4 N–H and O–H groups in total. The fraction of sp³-hybridized carbons (Fsp3) is 0.444. The van der Waals surface area contributed by atoms with E-state index in [0.29, 0.717) is 36.1 Å². The Hall–Kier alpha value is -3.22. The molecule has 0 saturated carbocycles. The van der Waals surface area contributed by atoms with Crippen LogP contribution in [0.4, 0.5) is 21.9 Å². The van der Waals surface area contributed by atoms with E-state index in [0.717, 1.165) is 5.69 Å². The van der Waals surface area contributed by atoms with E-state index in [1.165, 1.54) is 4.90 Å². The highest BCUT2D eigenvalue weighted by atomic mass is 35.5. The van der Waals surface area contributed by atoms with E-state index in [2.05, 4.69) is 5.32 Å². The first-order valence-electron chi connectivity index (χ1n) is 12.9. The third-order valence-corrected chi connectivity index (χ3v) is 6.99. The fourth-order valence-corrected chi connectivity index (χ4v) is 4.80. The van der Waals surface area contributed by atoms with Gasteiger partial charge < -0.3 is 40.3 Å². The molecule has 2 aliphatic heterocycles. The van der Waals surface area contributed by atoms with E-state index in [-0.39, 0.29) is 44.5 Å². The maximum absolute atomic E-state index is 13.8. The molecular weight excluding hydrogens is 526 g/mol. The van der Waals surface area contributed by atoms with Crippen molar-refractivity contribution < 1.29 is 29.0 Å². The van der Waals surface area contributed by atoms with E-state index in [9.17, 15) is 19.5 Å². The molecule has 11 nitrogen and oxygen atoms in total. The molecule has 0 spiro atoms. The zero-order chi connectivity index (χ0) is 27.9. The van der Waals surface area contributed by atoms with Crippen LogP contribution in [0.2, 0.25) is 5.02 Å². The van der Waals surface area contributed by atoms with E-state index in [4.69, 9.17) is 26.8 Å². The summed E-state index contributed by atoms with van der Waals surface area (Å²) in [5.74, 6) is -0.374. The number of morpholine rings is 1. The monoisotopic (exact) mass is 559 g/mol. The Morgan fingerprint density at radius 1 is 1.23 bits per heavy atom. The number of likely N-dealkylation sites (N-methyl/N-ethyl adjacent to an activating group) is 1. The van der Waals surface area contributed by atoms with Crippen LogP contribution < -0.4 is 20.9 Å². The molecule has 2 aromatic carbocycles. The van der Waals surface area contributed by atoms with Crippen LogP contribution in [-0.4, -0.2) is 92.1 Å². The third-order valence-electron chi connectivity index (χ3n) is 6.74. The first-order chi connectivity index (χ1) is 18.8. The molecule has 39 heavy (non-hydrogen) atoms. The highest BCUT2D eigenvalue weighted by Gasteiger charge is 2.42. The molecular formula is C27H34ClN5O6. The maximum atomic E-state index is 13.8. The van der Waals surface area contributed by atoms with Crippen molar-refractivity contribution in [3.05, 3.63) is 53.6 Å². The van der Waals surface area contributed by atoms with Gasteiger partial charge in [0.1, 0.15) is 12.6 Å². The number of amides is 4. The largest absolute Gasteiger partial charge is 0.389 e. The van der Waals surface area contributed by atoms with Crippen molar-refractivity contribution in [1.82, 2.24) is 4.90 Å². The zero-order valence-corrected chi connectivity index (χ0v) is 22.5. The van der Waals surface area contributed by atoms with Crippen LogP contribution in [0.15, 0.2) is 48.5 Å². The number of benzene rings is 2. The van der Waals surface area contributed by atoms with Crippen molar-refractivity contribution in [2.24, 2.45) is 5.73 Å². The standard InChI is InChI=1S/C27H34ClN5O6/c1-2-31(20-7-9-21(10-8-20)32-11-12-38-17-25(32)35)26(36)24-13-23(39-16-22(34)14-29)15-33(24)27(37)30-19-5-3-18(28)4-6-19/h3-10,22-24,34H,2,11-17,29H2,1H3,(H,30,37)/t22?,23-,24-/m1/s1. The number of rotatable bonds is 9. The van der Waals surface area contributed by atoms with Crippen molar-refractivity contribution >= 4 is 46.5 Å². The molecule has 3 atom stereocenters. The number of halogens is 1. The van der Waals surface area contributed by atoms with Crippen LogP contribution in [0.1, 0.15) is 13.3 Å². The lowest BCUT2D eigenvalue weighted by atomic mass is 10.1. The minimum absolute atomic E-state index is 0.00787. The third kappa shape index (κ3) is 7.06. The van der Waals surface area contributed by atoms with Gasteiger partial charge in [-0.25, -0.2) is 4.79 Å². The minimum Gasteiger partial charge on any atom is -0.389 e. The Bertz CT molecular complexity index is 1150.